The smallest absolute Gasteiger partial charge is 0.309 e. The van der Waals surface area contributed by atoms with Crippen LogP contribution in [0.2, 0.25) is 0 Å². The standard InChI is InChI=1S/C17H20N2O2/c1-2-21-16(20)14-13-12(8-11-6-4-3-5-7-11)9-17(19,10-18)15(13)14/h3-7,12-15H,2,8-9,19H2,1H3. The van der Waals surface area contributed by atoms with Gasteiger partial charge in [-0.3, -0.25) is 4.79 Å². The maximum Gasteiger partial charge on any atom is 0.309 e. The first-order valence-electron chi connectivity index (χ1n) is 7.51. The summed E-state index contributed by atoms with van der Waals surface area (Å²) in [4.78, 5) is 12.0. The second-order valence-corrected chi connectivity index (χ2v) is 6.19. The Kier molecular flexibility index (Phi) is 3.46. The second kappa shape index (κ2) is 5.16. The highest BCUT2D eigenvalue weighted by Crippen LogP contribution is 2.64. The van der Waals surface area contributed by atoms with Crippen LogP contribution >= 0.6 is 0 Å². The Bertz CT molecular complexity index is 580. The number of ether oxygens (including phenoxy) is 1. The molecule has 1 aromatic carbocycles. The fourth-order valence-electron chi connectivity index (χ4n) is 4.08. The van der Waals surface area contributed by atoms with Crippen LogP contribution in [-0.4, -0.2) is 18.1 Å². The van der Waals surface area contributed by atoms with Crippen LogP contribution in [0, 0.1) is 35.0 Å². The van der Waals surface area contributed by atoms with Crippen molar-refractivity contribution in [1.29, 1.82) is 5.26 Å². The minimum absolute atomic E-state index is 0.0322. The molecule has 0 amide bonds. The second-order valence-electron chi connectivity index (χ2n) is 6.19. The van der Waals surface area contributed by atoms with Crippen LogP contribution in [0.3, 0.4) is 0 Å². The van der Waals surface area contributed by atoms with Crippen LogP contribution < -0.4 is 5.73 Å². The zero-order valence-electron chi connectivity index (χ0n) is 12.2. The molecular weight excluding hydrogens is 264 g/mol. The van der Waals surface area contributed by atoms with Crippen molar-refractivity contribution in [2.24, 2.45) is 29.4 Å². The molecule has 2 N–H and O–H groups in total. The Hall–Kier alpha value is -1.86. The molecule has 5 unspecified atom stereocenters. The lowest BCUT2D eigenvalue weighted by Crippen LogP contribution is -2.41. The number of hydrogen-bond donors (Lipinski definition) is 1. The van der Waals surface area contributed by atoms with Crippen LogP contribution in [0.4, 0.5) is 0 Å². The molecule has 1 aromatic rings. The molecule has 0 aliphatic heterocycles. The van der Waals surface area contributed by atoms with Gasteiger partial charge in [0.25, 0.3) is 0 Å². The topological polar surface area (TPSA) is 76.1 Å². The van der Waals surface area contributed by atoms with Gasteiger partial charge in [-0.25, -0.2) is 0 Å². The fraction of sp³-hybridized carbons (Fsp3) is 0.529. The van der Waals surface area contributed by atoms with Crippen LogP contribution in [0.1, 0.15) is 18.9 Å². The summed E-state index contributed by atoms with van der Waals surface area (Å²) in [6.07, 6.45) is 1.54. The minimum Gasteiger partial charge on any atom is -0.466 e. The highest BCUT2D eigenvalue weighted by Gasteiger charge is 2.71. The molecule has 2 saturated carbocycles. The predicted molar refractivity (Wildman–Crippen MR) is 77.9 cm³/mol. The van der Waals surface area contributed by atoms with Gasteiger partial charge >= 0.3 is 5.97 Å². The van der Waals surface area contributed by atoms with Gasteiger partial charge in [0.1, 0.15) is 5.54 Å². The van der Waals surface area contributed by atoms with Gasteiger partial charge in [0.2, 0.25) is 0 Å². The summed E-state index contributed by atoms with van der Waals surface area (Å²) in [7, 11) is 0. The molecule has 21 heavy (non-hydrogen) atoms. The number of fused-ring (bicyclic) bond motifs is 1. The summed E-state index contributed by atoms with van der Waals surface area (Å²) < 4.78 is 5.13. The van der Waals surface area contributed by atoms with Crippen molar-refractivity contribution in [1.82, 2.24) is 0 Å². The van der Waals surface area contributed by atoms with Gasteiger partial charge in [0, 0.05) is 5.92 Å². The van der Waals surface area contributed by atoms with E-state index in [0.29, 0.717) is 13.0 Å². The molecule has 0 bridgehead atoms. The summed E-state index contributed by atoms with van der Waals surface area (Å²) in [5.74, 6) is 0.0908. The van der Waals surface area contributed by atoms with Crippen molar-refractivity contribution in [3.63, 3.8) is 0 Å². The monoisotopic (exact) mass is 284 g/mol. The summed E-state index contributed by atoms with van der Waals surface area (Å²) in [6.45, 7) is 2.18. The Balaban J connectivity index is 1.78. The largest absolute Gasteiger partial charge is 0.466 e. The first-order chi connectivity index (χ1) is 10.1. The third kappa shape index (κ3) is 2.32. The first-order valence-corrected chi connectivity index (χ1v) is 7.51. The number of hydrogen-bond acceptors (Lipinski definition) is 4. The lowest BCUT2D eigenvalue weighted by atomic mass is 9.86. The molecule has 110 valence electrons. The average Bonchev–Trinajstić information content (AvgIpc) is 3.18. The van der Waals surface area contributed by atoms with Crippen molar-refractivity contribution in [3.05, 3.63) is 35.9 Å². The number of carbonyl (C=O) groups excluding carboxylic acids is 1. The number of carbonyl (C=O) groups is 1. The molecule has 4 nitrogen and oxygen atoms in total. The predicted octanol–water partition coefficient (Wildman–Crippen LogP) is 1.90. The van der Waals surface area contributed by atoms with Gasteiger partial charge in [-0.1, -0.05) is 30.3 Å². The molecule has 0 heterocycles. The number of nitriles is 1. The molecule has 0 radical (unpaired) electrons. The van der Waals surface area contributed by atoms with E-state index in [2.05, 4.69) is 18.2 Å². The van der Waals surface area contributed by atoms with E-state index in [0.717, 1.165) is 6.42 Å². The number of rotatable bonds is 4. The van der Waals surface area contributed by atoms with Gasteiger partial charge in [-0.05, 0) is 37.2 Å². The molecule has 2 aliphatic carbocycles. The summed E-state index contributed by atoms with van der Waals surface area (Å²) >= 11 is 0. The Morgan fingerprint density at radius 2 is 2.19 bits per heavy atom. The van der Waals surface area contributed by atoms with E-state index in [1.54, 1.807) is 6.92 Å². The summed E-state index contributed by atoms with van der Waals surface area (Å²) in [6, 6.07) is 12.4. The molecule has 5 atom stereocenters. The van der Waals surface area contributed by atoms with E-state index < -0.39 is 5.54 Å². The van der Waals surface area contributed by atoms with E-state index in [-0.39, 0.29) is 29.6 Å². The normalized spacial score (nSPS) is 36.6. The highest BCUT2D eigenvalue weighted by molar-refractivity contribution is 5.78. The lowest BCUT2D eigenvalue weighted by Gasteiger charge is -2.22. The van der Waals surface area contributed by atoms with E-state index in [4.69, 9.17) is 10.5 Å². The SMILES string of the molecule is CCOC(=O)C1C2C(Cc3ccccc3)CC(N)(C#N)C12. The van der Waals surface area contributed by atoms with Crippen molar-refractivity contribution >= 4 is 5.97 Å². The Labute approximate surface area is 124 Å². The van der Waals surface area contributed by atoms with Gasteiger partial charge < -0.3 is 10.5 Å². The molecule has 0 spiro atoms. The first kappa shape index (κ1) is 14.1. The van der Waals surface area contributed by atoms with Crippen molar-refractivity contribution in [3.8, 4) is 6.07 Å². The van der Waals surface area contributed by atoms with Crippen molar-refractivity contribution < 1.29 is 9.53 Å². The van der Waals surface area contributed by atoms with E-state index in [1.807, 2.05) is 18.2 Å². The zero-order chi connectivity index (χ0) is 15.0. The third-order valence-corrected chi connectivity index (χ3v) is 4.92. The van der Waals surface area contributed by atoms with E-state index in [1.165, 1.54) is 5.56 Å². The van der Waals surface area contributed by atoms with Crippen LogP contribution in [0.15, 0.2) is 30.3 Å². The molecule has 3 rings (SSSR count). The van der Waals surface area contributed by atoms with Gasteiger partial charge in [-0.15, -0.1) is 0 Å². The van der Waals surface area contributed by atoms with Crippen LogP contribution in [-0.2, 0) is 16.0 Å². The maximum absolute atomic E-state index is 12.0. The molecule has 4 heteroatoms. The number of nitrogens with two attached hydrogens (primary N) is 1. The Morgan fingerprint density at radius 1 is 1.48 bits per heavy atom. The number of benzene rings is 1. The van der Waals surface area contributed by atoms with Gasteiger partial charge in [0.15, 0.2) is 0 Å². The van der Waals surface area contributed by atoms with Crippen molar-refractivity contribution in [2.75, 3.05) is 6.61 Å². The maximum atomic E-state index is 12.0. The molecule has 2 aliphatic rings. The van der Waals surface area contributed by atoms with Crippen LogP contribution in [0.25, 0.3) is 0 Å². The highest BCUT2D eigenvalue weighted by atomic mass is 16.5. The zero-order valence-corrected chi connectivity index (χ0v) is 12.2. The Morgan fingerprint density at radius 3 is 2.81 bits per heavy atom. The molecular formula is C17H20N2O2. The third-order valence-electron chi connectivity index (χ3n) is 4.92. The molecule has 0 saturated heterocycles. The van der Waals surface area contributed by atoms with Gasteiger partial charge in [-0.2, -0.15) is 5.26 Å². The number of nitrogens with zero attached hydrogens (tertiary/aromatic N) is 1. The quantitative estimate of drug-likeness (QED) is 0.857. The molecule has 2 fully saturated rings. The fourth-order valence-corrected chi connectivity index (χ4v) is 4.08. The van der Waals surface area contributed by atoms with Crippen LogP contribution in [0.5, 0.6) is 0 Å². The summed E-state index contributed by atoms with van der Waals surface area (Å²) in [5.41, 5.74) is 6.60. The summed E-state index contributed by atoms with van der Waals surface area (Å²) in [5, 5.41) is 9.41. The molecule has 0 aromatic heterocycles. The minimum atomic E-state index is -0.873. The average molecular weight is 284 g/mol. The number of esters is 1. The van der Waals surface area contributed by atoms with E-state index >= 15 is 0 Å². The van der Waals surface area contributed by atoms with Gasteiger partial charge in [0.05, 0.1) is 18.6 Å². The van der Waals surface area contributed by atoms with Crippen molar-refractivity contribution in [2.45, 2.75) is 25.3 Å². The lowest BCUT2D eigenvalue weighted by molar-refractivity contribution is -0.146. The van der Waals surface area contributed by atoms with E-state index in [9.17, 15) is 10.1 Å².